The number of carbonyl (C=O) groups is 1. The fourth-order valence-electron chi connectivity index (χ4n) is 3.53. The highest BCUT2D eigenvalue weighted by Crippen LogP contribution is 2.27. The molecule has 108 valence electrons. The van der Waals surface area contributed by atoms with Crippen molar-refractivity contribution < 1.29 is 4.79 Å². The Morgan fingerprint density at radius 2 is 2.15 bits per heavy atom. The molecule has 4 heteroatoms. The molecule has 0 spiro atoms. The number of nitrogens with zero attached hydrogens (tertiary/aromatic N) is 1. The molecule has 0 bridgehead atoms. The van der Waals surface area contributed by atoms with Gasteiger partial charge in [0, 0.05) is 28.7 Å². The first-order valence-corrected chi connectivity index (χ1v) is 8.26. The zero-order chi connectivity index (χ0) is 14.1. The lowest BCUT2D eigenvalue weighted by molar-refractivity contribution is 0.0711. The SMILES string of the molecule is Cc1cc(Br)cc(C(=O)N2CCCC2C2CCCN2)c1. The maximum Gasteiger partial charge on any atom is 0.254 e. The molecule has 0 aromatic heterocycles. The number of halogens is 1. The Morgan fingerprint density at radius 1 is 1.30 bits per heavy atom. The third-order valence-corrected chi connectivity index (χ3v) is 4.87. The van der Waals surface area contributed by atoms with Crippen LogP contribution in [0.3, 0.4) is 0 Å². The zero-order valence-corrected chi connectivity index (χ0v) is 13.4. The first kappa shape index (κ1) is 14.1. The minimum Gasteiger partial charge on any atom is -0.334 e. The van der Waals surface area contributed by atoms with Crippen LogP contribution in [0.5, 0.6) is 0 Å². The summed E-state index contributed by atoms with van der Waals surface area (Å²) in [6, 6.07) is 6.84. The second-order valence-electron chi connectivity index (χ2n) is 5.93. The molecule has 2 heterocycles. The van der Waals surface area contributed by atoms with Crippen LogP contribution in [0.15, 0.2) is 22.7 Å². The predicted octanol–water partition coefficient (Wildman–Crippen LogP) is 3.11. The number of amides is 1. The van der Waals surface area contributed by atoms with Crippen LogP contribution in [-0.2, 0) is 0 Å². The molecular formula is C16H21BrN2O. The molecule has 0 radical (unpaired) electrons. The molecule has 3 rings (SSSR count). The molecule has 1 aromatic carbocycles. The summed E-state index contributed by atoms with van der Waals surface area (Å²) in [5.74, 6) is 0.186. The highest BCUT2D eigenvalue weighted by atomic mass is 79.9. The van der Waals surface area contributed by atoms with E-state index in [0.29, 0.717) is 12.1 Å². The molecule has 2 unspecified atom stereocenters. The number of likely N-dealkylation sites (tertiary alicyclic amines) is 1. The normalized spacial score (nSPS) is 26.2. The largest absolute Gasteiger partial charge is 0.334 e. The first-order chi connectivity index (χ1) is 9.65. The number of rotatable bonds is 2. The van der Waals surface area contributed by atoms with Crippen LogP contribution >= 0.6 is 15.9 Å². The summed E-state index contributed by atoms with van der Waals surface area (Å²) >= 11 is 3.49. The minimum absolute atomic E-state index is 0.186. The Labute approximate surface area is 128 Å². The van der Waals surface area contributed by atoms with Gasteiger partial charge in [-0.05, 0) is 62.9 Å². The second-order valence-corrected chi connectivity index (χ2v) is 6.84. The number of carbonyl (C=O) groups excluding carboxylic acids is 1. The van der Waals surface area contributed by atoms with E-state index in [2.05, 4.69) is 26.1 Å². The molecule has 1 N–H and O–H groups in total. The minimum atomic E-state index is 0.186. The van der Waals surface area contributed by atoms with E-state index < -0.39 is 0 Å². The van der Waals surface area contributed by atoms with E-state index in [9.17, 15) is 4.79 Å². The highest BCUT2D eigenvalue weighted by molar-refractivity contribution is 9.10. The molecule has 2 atom stereocenters. The van der Waals surface area contributed by atoms with Crippen molar-refractivity contribution in [1.29, 1.82) is 0 Å². The van der Waals surface area contributed by atoms with Gasteiger partial charge in [-0.3, -0.25) is 4.79 Å². The van der Waals surface area contributed by atoms with Gasteiger partial charge in [0.05, 0.1) is 0 Å². The second kappa shape index (κ2) is 5.86. The van der Waals surface area contributed by atoms with E-state index in [1.54, 1.807) is 0 Å². The van der Waals surface area contributed by atoms with Gasteiger partial charge in [0.2, 0.25) is 0 Å². The average molecular weight is 337 g/mol. The predicted molar refractivity (Wildman–Crippen MR) is 84.0 cm³/mol. The van der Waals surface area contributed by atoms with Gasteiger partial charge in [0.15, 0.2) is 0 Å². The Morgan fingerprint density at radius 3 is 2.85 bits per heavy atom. The smallest absolute Gasteiger partial charge is 0.254 e. The fourth-order valence-corrected chi connectivity index (χ4v) is 4.14. The first-order valence-electron chi connectivity index (χ1n) is 7.47. The van der Waals surface area contributed by atoms with Crippen LogP contribution in [-0.4, -0.2) is 36.0 Å². The molecule has 1 amide bonds. The van der Waals surface area contributed by atoms with Gasteiger partial charge in [-0.15, -0.1) is 0 Å². The molecule has 1 aromatic rings. The van der Waals surface area contributed by atoms with Crippen LogP contribution in [0.1, 0.15) is 41.6 Å². The lowest BCUT2D eigenvalue weighted by atomic mass is 10.0. The average Bonchev–Trinajstić information content (AvgIpc) is 3.07. The molecule has 20 heavy (non-hydrogen) atoms. The summed E-state index contributed by atoms with van der Waals surface area (Å²) in [5.41, 5.74) is 1.93. The molecule has 3 nitrogen and oxygen atoms in total. The van der Waals surface area contributed by atoms with E-state index in [4.69, 9.17) is 0 Å². The molecule has 2 aliphatic heterocycles. The van der Waals surface area contributed by atoms with Gasteiger partial charge in [-0.2, -0.15) is 0 Å². The topological polar surface area (TPSA) is 32.3 Å². The number of aryl methyl sites for hydroxylation is 1. The lowest BCUT2D eigenvalue weighted by Gasteiger charge is -2.29. The van der Waals surface area contributed by atoms with E-state index in [-0.39, 0.29) is 5.91 Å². The van der Waals surface area contributed by atoms with E-state index in [1.807, 2.05) is 25.1 Å². The van der Waals surface area contributed by atoms with Crippen molar-refractivity contribution in [2.45, 2.75) is 44.7 Å². The van der Waals surface area contributed by atoms with Crippen molar-refractivity contribution in [3.05, 3.63) is 33.8 Å². The third-order valence-electron chi connectivity index (χ3n) is 4.41. The monoisotopic (exact) mass is 336 g/mol. The maximum absolute atomic E-state index is 12.8. The summed E-state index contributed by atoms with van der Waals surface area (Å²) in [6.45, 7) is 4.02. The summed E-state index contributed by atoms with van der Waals surface area (Å²) < 4.78 is 0.982. The van der Waals surface area contributed by atoms with E-state index in [1.165, 1.54) is 12.8 Å². The van der Waals surface area contributed by atoms with Crippen molar-refractivity contribution in [3.63, 3.8) is 0 Å². The number of hydrogen-bond acceptors (Lipinski definition) is 2. The Hall–Kier alpha value is -0.870. The lowest BCUT2D eigenvalue weighted by Crippen LogP contribution is -2.46. The van der Waals surface area contributed by atoms with Gasteiger partial charge >= 0.3 is 0 Å². The summed E-state index contributed by atoms with van der Waals surface area (Å²) in [5, 5.41) is 3.55. The Kier molecular flexibility index (Phi) is 4.13. The van der Waals surface area contributed by atoms with Gasteiger partial charge < -0.3 is 10.2 Å². The fraction of sp³-hybridized carbons (Fsp3) is 0.562. The molecule has 2 saturated heterocycles. The van der Waals surface area contributed by atoms with Gasteiger partial charge in [-0.1, -0.05) is 15.9 Å². The highest BCUT2D eigenvalue weighted by Gasteiger charge is 2.36. The van der Waals surface area contributed by atoms with Crippen LogP contribution in [0.4, 0.5) is 0 Å². The van der Waals surface area contributed by atoms with E-state index >= 15 is 0 Å². The van der Waals surface area contributed by atoms with Crippen LogP contribution in [0, 0.1) is 6.92 Å². The summed E-state index contributed by atoms with van der Waals surface area (Å²) in [4.78, 5) is 14.9. The van der Waals surface area contributed by atoms with Gasteiger partial charge in [0.25, 0.3) is 5.91 Å². The van der Waals surface area contributed by atoms with Crippen LogP contribution < -0.4 is 5.32 Å². The molecular weight excluding hydrogens is 316 g/mol. The molecule has 2 aliphatic rings. The zero-order valence-electron chi connectivity index (χ0n) is 11.9. The summed E-state index contributed by atoms with van der Waals surface area (Å²) in [7, 11) is 0. The number of hydrogen-bond donors (Lipinski definition) is 1. The van der Waals surface area contributed by atoms with Crippen molar-refractivity contribution in [1.82, 2.24) is 10.2 Å². The Balaban J connectivity index is 1.81. The van der Waals surface area contributed by atoms with Crippen LogP contribution in [0.25, 0.3) is 0 Å². The van der Waals surface area contributed by atoms with Gasteiger partial charge in [-0.25, -0.2) is 0 Å². The maximum atomic E-state index is 12.8. The van der Waals surface area contributed by atoms with Crippen molar-refractivity contribution in [3.8, 4) is 0 Å². The molecule has 0 saturated carbocycles. The molecule has 2 fully saturated rings. The summed E-state index contributed by atoms with van der Waals surface area (Å²) in [6.07, 6.45) is 4.70. The number of nitrogens with one attached hydrogen (secondary N) is 1. The Bertz CT molecular complexity index is 491. The van der Waals surface area contributed by atoms with Crippen molar-refractivity contribution in [2.75, 3.05) is 13.1 Å². The van der Waals surface area contributed by atoms with E-state index in [0.717, 1.165) is 41.5 Å². The van der Waals surface area contributed by atoms with Crippen molar-refractivity contribution in [2.24, 2.45) is 0 Å². The standard InChI is InChI=1S/C16H21BrN2O/c1-11-8-12(10-13(17)9-11)16(20)19-7-3-5-15(19)14-4-2-6-18-14/h8-10,14-15,18H,2-7H2,1H3. The molecule has 0 aliphatic carbocycles. The van der Waals surface area contributed by atoms with Crippen LogP contribution in [0.2, 0.25) is 0 Å². The number of benzene rings is 1. The van der Waals surface area contributed by atoms with Crippen molar-refractivity contribution >= 4 is 21.8 Å². The third kappa shape index (κ3) is 2.77. The van der Waals surface area contributed by atoms with Gasteiger partial charge in [0.1, 0.15) is 0 Å². The quantitative estimate of drug-likeness (QED) is 0.899.